The van der Waals surface area contributed by atoms with Gasteiger partial charge in [0, 0.05) is 24.5 Å². The second-order valence-corrected chi connectivity index (χ2v) is 1.36. The Morgan fingerprint density at radius 1 is 1.86 bits per heavy atom. The summed E-state index contributed by atoms with van der Waals surface area (Å²) in [5.41, 5.74) is 8.79. The molecule has 0 aliphatic carbocycles. The van der Waals surface area contributed by atoms with Crippen LogP contribution in [-0.4, -0.2) is 6.21 Å². The van der Waals surface area contributed by atoms with Crippen molar-refractivity contribution < 1.29 is 0 Å². The number of nitrogens with two attached hydrogens (primary N) is 1. The maximum atomic E-state index is 5.34. The fraction of sp³-hybridized carbons (Fsp3) is 0.250. The van der Waals surface area contributed by atoms with Gasteiger partial charge in [-0.3, -0.25) is 5.43 Å². The van der Waals surface area contributed by atoms with Crippen molar-refractivity contribution in [2.24, 2.45) is 10.8 Å². The van der Waals surface area contributed by atoms with E-state index in [1.165, 1.54) is 0 Å². The van der Waals surface area contributed by atoms with Crippen LogP contribution in [0.2, 0.25) is 0 Å². The van der Waals surface area contributed by atoms with E-state index >= 15 is 0 Å². The van der Waals surface area contributed by atoms with Crippen LogP contribution in [0.1, 0.15) is 6.42 Å². The molecule has 1 heterocycles. The first kappa shape index (κ1) is 4.18. The molecule has 3 nitrogen and oxygen atoms in total. The monoisotopic (exact) mass is 97.1 g/mol. The molecule has 1 rings (SSSR count). The van der Waals surface area contributed by atoms with Gasteiger partial charge in [0.2, 0.25) is 0 Å². The summed E-state index contributed by atoms with van der Waals surface area (Å²) in [5.74, 6) is 0. The van der Waals surface area contributed by atoms with E-state index in [0.717, 1.165) is 12.1 Å². The number of hydrogen-bond acceptors (Lipinski definition) is 3. The molecule has 0 atom stereocenters. The van der Waals surface area contributed by atoms with Crippen LogP contribution in [-0.2, 0) is 0 Å². The zero-order chi connectivity index (χ0) is 5.11. The zero-order valence-electron chi connectivity index (χ0n) is 3.89. The maximum Gasteiger partial charge on any atom is 0.0391 e. The molecule has 0 saturated heterocycles. The molecule has 3 N–H and O–H groups in total. The number of nitrogens with one attached hydrogen (secondary N) is 1. The molecule has 0 unspecified atom stereocenters. The van der Waals surface area contributed by atoms with Gasteiger partial charge in [-0.2, -0.15) is 5.10 Å². The van der Waals surface area contributed by atoms with Gasteiger partial charge < -0.3 is 5.73 Å². The normalized spacial score (nSPS) is 18.0. The van der Waals surface area contributed by atoms with Crippen LogP contribution in [0.4, 0.5) is 0 Å². The lowest BCUT2D eigenvalue weighted by Crippen LogP contribution is -2.09. The largest absolute Gasteiger partial charge is 0.401 e. The molecule has 0 aromatic heterocycles. The minimum Gasteiger partial charge on any atom is -0.401 e. The molecule has 7 heavy (non-hydrogen) atoms. The molecule has 1 aliphatic heterocycles. The fourth-order valence-electron chi connectivity index (χ4n) is 0.383. The summed E-state index contributed by atoms with van der Waals surface area (Å²) in [7, 11) is 0. The van der Waals surface area contributed by atoms with Crippen LogP contribution in [0.25, 0.3) is 0 Å². The Morgan fingerprint density at radius 2 is 2.71 bits per heavy atom. The highest BCUT2D eigenvalue weighted by Crippen LogP contribution is 1.89. The Morgan fingerprint density at radius 3 is 3.00 bits per heavy atom. The van der Waals surface area contributed by atoms with Gasteiger partial charge in [0.05, 0.1) is 0 Å². The number of hydrogen-bond donors (Lipinski definition) is 2. The summed E-state index contributed by atoms with van der Waals surface area (Å²) >= 11 is 0. The molecular weight excluding hydrogens is 90.1 g/mol. The lowest BCUT2D eigenvalue weighted by Gasteiger charge is -1.99. The van der Waals surface area contributed by atoms with Gasteiger partial charge in [-0.1, -0.05) is 0 Å². The summed E-state index contributed by atoms with van der Waals surface area (Å²) in [4.78, 5) is 0. The molecule has 0 bridgehead atoms. The summed E-state index contributed by atoms with van der Waals surface area (Å²) in [6.45, 7) is 0. The van der Waals surface area contributed by atoms with E-state index < -0.39 is 0 Å². The third-order valence-corrected chi connectivity index (χ3v) is 0.743. The van der Waals surface area contributed by atoms with Crippen molar-refractivity contribution in [3.8, 4) is 0 Å². The van der Waals surface area contributed by atoms with Crippen LogP contribution in [0.15, 0.2) is 17.0 Å². The Balaban J connectivity index is 2.50. The molecule has 0 aromatic rings. The van der Waals surface area contributed by atoms with Crippen LogP contribution in [0.5, 0.6) is 0 Å². The van der Waals surface area contributed by atoms with E-state index in [2.05, 4.69) is 10.5 Å². The fourth-order valence-corrected chi connectivity index (χ4v) is 0.383. The highest BCUT2D eigenvalue weighted by atomic mass is 15.3. The molecule has 1 aliphatic rings. The van der Waals surface area contributed by atoms with Crippen molar-refractivity contribution in [2.45, 2.75) is 6.42 Å². The van der Waals surface area contributed by atoms with Crippen molar-refractivity contribution in [2.75, 3.05) is 0 Å². The van der Waals surface area contributed by atoms with Crippen molar-refractivity contribution >= 4 is 6.21 Å². The van der Waals surface area contributed by atoms with E-state index in [4.69, 9.17) is 5.73 Å². The predicted octanol–water partition coefficient (Wildman–Crippen LogP) is -0.234. The number of hydrazone groups is 1. The van der Waals surface area contributed by atoms with Crippen LogP contribution < -0.4 is 11.2 Å². The highest BCUT2D eigenvalue weighted by molar-refractivity contribution is 5.61. The van der Waals surface area contributed by atoms with E-state index in [-0.39, 0.29) is 0 Å². The van der Waals surface area contributed by atoms with Gasteiger partial charge in [-0.05, 0) is 0 Å². The Bertz CT molecular complexity index is 114. The van der Waals surface area contributed by atoms with E-state index in [1.54, 1.807) is 12.4 Å². The number of allylic oxidation sites excluding steroid dienone is 1. The van der Waals surface area contributed by atoms with Gasteiger partial charge in [0.1, 0.15) is 0 Å². The third kappa shape index (κ3) is 0.924. The van der Waals surface area contributed by atoms with Crippen LogP contribution >= 0.6 is 0 Å². The lowest BCUT2D eigenvalue weighted by molar-refractivity contribution is 0.913. The smallest absolute Gasteiger partial charge is 0.0391 e. The average molecular weight is 97.1 g/mol. The standard InChI is InChI=1S/C4H7N3/c5-4-1-2-6-7-3-4/h2-3,7H,1,5H2. The SMILES string of the molecule is NC1=CNN=CC1. The third-order valence-electron chi connectivity index (χ3n) is 0.743. The molecule has 0 fully saturated rings. The Kier molecular flexibility index (Phi) is 0.978. The minimum atomic E-state index is 0.771. The van der Waals surface area contributed by atoms with Crippen LogP contribution in [0, 0.1) is 0 Å². The maximum absolute atomic E-state index is 5.34. The number of nitrogens with zero attached hydrogens (tertiary/aromatic N) is 1. The summed E-state index contributed by atoms with van der Waals surface area (Å²) in [6, 6.07) is 0. The minimum absolute atomic E-state index is 0.771. The van der Waals surface area contributed by atoms with E-state index in [0.29, 0.717) is 0 Å². The zero-order valence-corrected chi connectivity index (χ0v) is 3.89. The number of rotatable bonds is 0. The molecule has 0 saturated carbocycles. The van der Waals surface area contributed by atoms with Gasteiger partial charge in [-0.25, -0.2) is 0 Å². The van der Waals surface area contributed by atoms with Crippen LogP contribution in [0.3, 0.4) is 0 Å². The van der Waals surface area contributed by atoms with Gasteiger partial charge >= 0.3 is 0 Å². The van der Waals surface area contributed by atoms with Gasteiger partial charge in [0.15, 0.2) is 0 Å². The topological polar surface area (TPSA) is 50.4 Å². The summed E-state index contributed by atoms with van der Waals surface area (Å²) in [5, 5.41) is 3.70. The molecule has 38 valence electrons. The lowest BCUT2D eigenvalue weighted by atomic mass is 10.3. The average Bonchev–Trinajstić information content (AvgIpc) is 1.69. The van der Waals surface area contributed by atoms with Crippen molar-refractivity contribution in [3.63, 3.8) is 0 Å². The quantitative estimate of drug-likeness (QED) is 0.438. The molecule has 0 spiro atoms. The van der Waals surface area contributed by atoms with Gasteiger partial charge in [0.25, 0.3) is 0 Å². The highest BCUT2D eigenvalue weighted by Gasteiger charge is 1.88. The summed E-state index contributed by atoms with van der Waals surface area (Å²) in [6.07, 6.45) is 4.18. The summed E-state index contributed by atoms with van der Waals surface area (Å²) < 4.78 is 0. The molecule has 0 radical (unpaired) electrons. The molecular formula is C4H7N3. The van der Waals surface area contributed by atoms with E-state index in [1.807, 2.05) is 0 Å². The predicted molar refractivity (Wildman–Crippen MR) is 28.5 cm³/mol. The van der Waals surface area contributed by atoms with Crippen molar-refractivity contribution in [3.05, 3.63) is 11.9 Å². The van der Waals surface area contributed by atoms with E-state index in [9.17, 15) is 0 Å². The first-order valence-corrected chi connectivity index (χ1v) is 2.11. The van der Waals surface area contributed by atoms with Crippen molar-refractivity contribution in [1.29, 1.82) is 0 Å². The Hall–Kier alpha value is -0.990. The molecule has 3 heteroatoms. The molecule has 0 amide bonds. The first-order valence-electron chi connectivity index (χ1n) is 2.11. The first-order chi connectivity index (χ1) is 3.39. The van der Waals surface area contributed by atoms with Crippen molar-refractivity contribution in [1.82, 2.24) is 5.43 Å². The Labute approximate surface area is 41.9 Å². The second-order valence-electron chi connectivity index (χ2n) is 1.36. The second kappa shape index (κ2) is 1.64. The molecule has 0 aromatic carbocycles. The van der Waals surface area contributed by atoms with Gasteiger partial charge in [-0.15, -0.1) is 0 Å².